The van der Waals surface area contributed by atoms with Crippen LogP contribution in [0.4, 0.5) is 0 Å². The SMILES string of the molecule is CNC(Cc1cncc(Br)c1)C1CN(C)CCCN1C. The van der Waals surface area contributed by atoms with Crippen molar-refractivity contribution < 1.29 is 0 Å². The van der Waals surface area contributed by atoms with Crippen LogP contribution in [0.1, 0.15) is 12.0 Å². The van der Waals surface area contributed by atoms with E-state index in [1.165, 1.54) is 25.1 Å². The van der Waals surface area contributed by atoms with Crippen molar-refractivity contribution in [2.24, 2.45) is 0 Å². The van der Waals surface area contributed by atoms with Gasteiger partial charge in [-0.1, -0.05) is 0 Å². The molecule has 0 radical (unpaired) electrons. The van der Waals surface area contributed by atoms with E-state index in [-0.39, 0.29) is 0 Å². The summed E-state index contributed by atoms with van der Waals surface area (Å²) in [6.45, 7) is 3.48. The van der Waals surface area contributed by atoms with E-state index in [4.69, 9.17) is 0 Å². The van der Waals surface area contributed by atoms with Gasteiger partial charge in [0.05, 0.1) is 0 Å². The molecule has 2 rings (SSSR count). The van der Waals surface area contributed by atoms with Crippen LogP contribution in [-0.4, -0.2) is 67.6 Å². The molecule has 5 heteroatoms. The highest BCUT2D eigenvalue weighted by Gasteiger charge is 2.27. The Hall–Kier alpha value is -0.490. The summed E-state index contributed by atoms with van der Waals surface area (Å²) in [4.78, 5) is 9.21. The Balaban J connectivity index is 2.09. The van der Waals surface area contributed by atoms with Crippen molar-refractivity contribution in [2.45, 2.75) is 24.9 Å². The second-order valence-corrected chi connectivity index (χ2v) is 6.69. The molecule has 0 saturated carbocycles. The van der Waals surface area contributed by atoms with Gasteiger partial charge in [0.1, 0.15) is 0 Å². The van der Waals surface area contributed by atoms with E-state index in [2.05, 4.69) is 63.2 Å². The van der Waals surface area contributed by atoms with E-state index in [0.29, 0.717) is 12.1 Å². The van der Waals surface area contributed by atoms with E-state index >= 15 is 0 Å². The van der Waals surface area contributed by atoms with Gasteiger partial charge in [-0.2, -0.15) is 0 Å². The van der Waals surface area contributed by atoms with Crippen LogP contribution in [0.15, 0.2) is 22.9 Å². The molecule has 1 aromatic heterocycles. The molecule has 2 heterocycles. The summed E-state index contributed by atoms with van der Waals surface area (Å²) in [5, 5.41) is 3.51. The van der Waals surface area contributed by atoms with Gasteiger partial charge in [-0.3, -0.25) is 4.98 Å². The Morgan fingerprint density at radius 3 is 2.90 bits per heavy atom. The van der Waals surface area contributed by atoms with Gasteiger partial charge in [0.2, 0.25) is 0 Å². The smallest absolute Gasteiger partial charge is 0.0410 e. The van der Waals surface area contributed by atoms with Crippen LogP contribution in [0.25, 0.3) is 0 Å². The fourth-order valence-electron chi connectivity index (χ4n) is 2.99. The number of halogens is 1. The fourth-order valence-corrected chi connectivity index (χ4v) is 3.40. The summed E-state index contributed by atoms with van der Waals surface area (Å²) >= 11 is 3.50. The van der Waals surface area contributed by atoms with E-state index in [1.54, 1.807) is 0 Å². The number of hydrogen-bond acceptors (Lipinski definition) is 4. The molecular formula is C15H25BrN4. The van der Waals surface area contributed by atoms with Crippen LogP contribution in [0, 0.1) is 0 Å². The number of likely N-dealkylation sites (N-methyl/N-ethyl adjacent to an activating group) is 3. The molecular weight excluding hydrogens is 316 g/mol. The average molecular weight is 341 g/mol. The summed E-state index contributed by atoms with van der Waals surface area (Å²) in [6.07, 6.45) is 6.06. The minimum atomic E-state index is 0.441. The number of nitrogens with one attached hydrogen (secondary N) is 1. The Morgan fingerprint density at radius 1 is 1.40 bits per heavy atom. The first-order chi connectivity index (χ1) is 9.60. The summed E-state index contributed by atoms with van der Waals surface area (Å²) < 4.78 is 1.05. The van der Waals surface area contributed by atoms with E-state index in [1.807, 2.05) is 12.4 Å². The van der Waals surface area contributed by atoms with E-state index in [9.17, 15) is 0 Å². The number of rotatable bonds is 4. The molecule has 1 aliphatic heterocycles. The number of pyridine rings is 1. The number of nitrogens with zero attached hydrogens (tertiary/aromatic N) is 3. The van der Waals surface area contributed by atoms with Crippen LogP contribution in [0.5, 0.6) is 0 Å². The van der Waals surface area contributed by atoms with Gasteiger partial charge in [0, 0.05) is 35.5 Å². The van der Waals surface area contributed by atoms with Crippen molar-refractivity contribution in [3.63, 3.8) is 0 Å². The van der Waals surface area contributed by atoms with Crippen molar-refractivity contribution >= 4 is 15.9 Å². The molecule has 1 aliphatic rings. The molecule has 4 nitrogen and oxygen atoms in total. The summed E-state index contributed by atoms with van der Waals surface area (Å²) in [5.74, 6) is 0. The van der Waals surface area contributed by atoms with Gasteiger partial charge < -0.3 is 15.1 Å². The minimum absolute atomic E-state index is 0.441. The van der Waals surface area contributed by atoms with Crippen LogP contribution < -0.4 is 5.32 Å². The van der Waals surface area contributed by atoms with E-state index < -0.39 is 0 Å². The molecule has 0 spiro atoms. The van der Waals surface area contributed by atoms with Gasteiger partial charge in [-0.25, -0.2) is 0 Å². The third kappa shape index (κ3) is 4.25. The zero-order valence-corrected chi connectivity index (χ0v) is 14.2. The Labute approximate surface area is 130 Å². The molecule has 20 heavy (non-hydrogen) atoms. The molecule has 1 fully saturated rings. The minimum Gasteiger partial charge on any atom is -0.315 e. The maximum atomic E-state index is 4.27. The van der Waals surface area contributed by atoms with Gasteiger partial charge in [0.25, 0.3) is 0 Å². The van der Waals surface area contributed by atoms with Gasteiger partial charge in [-0.15, -0.1) is 0 Å². The van der Waals surface area contributed by atoms with Crippen LogP contribution in [0.2, 0.25) is 0 Å². The van der Waals surface area contributed by atoms with Crippen molar-refractivity contribution in [3.8, 4) is 0 Å². The number of aromatic nitrogens is 1. The highest BCUT2D eigenvalue weighted by molar-refractivity contribution is 9.10. The molecule has 0 amide bonds. The molecule has 1 saturated heterocycles. The summed E-state index contributed by atoms with van der Waals surface area (Å²) in [7, 11) is 6.53. The Morgan fingerprint density at radius 2 is 2.20 bits per heavy atom. The fraction of sp³-hybridized carbons (Fsp3) is 0.667. The molecule has 0 aliphatic carbocycles. The molecule has 0 bridgehead atoms. The predicted octanol–water partition coefficient (Wildman–Crippen LogP) is 1.61. The van der Waals surface area contributed by atoms with Gasteiger partial charge in [0.15, 0.2) is 0 Å². The zero-order chi connectivity index (χ0) is 14.5. The number of hydrogen-bond donors (Lipinski definition) is 1. The molecule has 2 unspecified atom stereocenters. The topological polar surface area (TPSA) is 31.4 Å². The molecule has 2 atom stereocenters. The lowest BCUT2D eigenvalue weighted by atomic mass is 9.99. The maximum Gasteiger partial charge on any atom is 0.0410 e. The summed E-state index contributed by atoms with van der Waals surface area (Å²) in [5.41, 5.74) is 1.28. The van der Waals surface area contributed by atoms with Crippen molar-refractivity contribution in [2.75, 3.05) is 40.8 Å². The predicted molar refractivity (Wildman–Crippen MR) is 87.0 cm³/mol. The lowest BCUT2D eigenvalue weighted by molar-refractivity contribution is 0.181. The highest BCUT2D eigenvalue weighted by atomic mass is 79.9. The molecule has 1 N–H and O–H groups in total. The van der Waals surface area contributed by atoms with Crippen LogP contribution in [0.3, 0.4) is 0 Å². The second-order valence-electron chi connectivity index (χ2n) is 5.77. The van der Waals surface area contributed by atoms with E-state index in [0.717, 1.165) is 17.4 Å². The normalized spacial score (nSPS) is 23.5. The quantitative estimate of drug-likeness (QED) is 0.902. The lowest BCUT2D eigenvalue weighted by Gasteiger charge is -2.34. The molecule has 1 aromatic rings. The Bertz CT molecular complexity index is 426. The average Bonchev–Trinajstić information content (AvgIpc) is 2.58. The van der Waals surface area contributed by atoms with Crippen LogP contribution >= 0.6 is 15.9 Å². The third-order valence-corrected chi connectivity index (χ3v) is 4.60. The molecule has 112 valence electrons. The van der Waals surface area contributed by atoms with Gasteiger partial charge in [-0.05, 0) is 74.6 Å². The van der Waals surface area contributed by atoms with Crippen molar-refractivity contribution in [1.82, 2.24) is 20.1 Å². The lowest BCUT2D eigenvalue weighted by Crippen LogP contribution is -2.52. The monoisotopic (exact) mass is 340 g/mol. The largest absolute Gasteiger partial charge is 0.315 e. The second kappa shape index (κ2) is 7.50. The standard InChI is InChI=1S/C15H25BrN4/c1-17-14(8-12-7-13(16)10-18-9-12)15-11-19(2)5-4-6-20(15)3/h7,9-10,14-15,17H,4-6,8,11H2,1-3H3. The maximum absolute atomic E-state index is 4.27. The third-order valence-electron chi connectivity index (χ3n) is 4.17. The first-order valence-corrected chi connectivity index (χ1v) is 8.05. The zero-order valence-electron chi connectivity index (χ0n) is 12.6. The van der Waals surface area contributed by atoms with Crippen LogP contribution in [-0.2, 0) is 6.42 Å². The molecule has 0 aromatic carbocycles. The Kier molecular flexibility index (Phi) is 5.96. The van der Waals surface area contributed by atoms with Gasteiger partial charge >= 0.3 is 0 Å². The first-order valence-electron chi connectivity index (χ1n) is 7.25. The van der Waals surface area contributed by atoms with Crippen molar-refractivity contribution in [3.05, 3.63) is 28.5 Å². The summed E-state index contributed by atoms with van der Waals surface area (Å²) in [6, 6.07) is 3.14. The first kappa shape index (κ1) is 15.9. The highest BCUT2D eigenvalue weighted by Crippen LogP contribution is 2.16. The van der Waals surface area contributed by atoms with Crippen molar-refractivity contribution in [1.29, 1.82) is 0 Å².